The third-order valence-corrected chi connectivity index (χ3v) is 8.92. The van der Waals surface area contributed by atoms with Crippen LogP contribution in [0.25, 0.3) is 10.8 Å². The molecular weight excluding hydrogens is 312 g/mol. The first-order valence-electron chi connectivity index (χ1n) is 11.6. The maximum absolute atomic E-state index is 2.73. The van der Waals surface area contributed by atoms with Crippen molar-refractivity contribution in [3.63, 3.8) is 0 Å². The van der Waals surface area contributed by atoms with E-state index in [9.17, 15) is 0 Å². The van der Waals surface area contributed by atoms with Gasteiger partial charge < -0.3 is 0 Å². The largest absolute Gasteiger partial charge is 0.0506 e. The molecular formula is C26H30. The van der Waals surface area contributed by atoms with Crippen LogP contribution in [0.3, 0.4) is 0 Å². The van der Waals surface area contributed by atoms with Crippen LogP contribution in [0.4, 0.5) is 0 Å². The van der Waals surface area contributed by atoms with Gasteiger partial charge in [-0.3, -0.25) is 0 Å². The second kappa shape index (κ2) is 5.15. The zero-order chi connectivity index (χ0) is 16.8. The minimum absolute atomic E-state index is 0.891. The van der Waals surface area contributed by atoms with Gasteiger partial charge in [-0.1, -0.05) is 6.07 Å². The van der Waals surface area contributed by atoms with Gasteiger partial charge in [0, 0.05) is 0 Å². The number of hydrogen-bond acceptors (Lipinski definition) is 0. The topological polar surface area (TPSA) is 0 Å². The van der Waals surface area contributed by atoms with Crippen molar-refractivity contribution in [2.24, 2.45) is 0 Å². The van der Waals surface area contributed by atoms with Crippen molar-refractivity contribution in [1.82, 2.24) is 0 Å². The molecule has 3 atom stereocenters. The molecule has 0 nitrogen and oxygen atoms in total. The summed E-state index contributed by atoms with van der Waals surface area (Å²) in [7, 11) is 0. The van der Waals surface area contributed by atoms with E-state index in [2.05, 4.69) is 6.07 Å². The van der Waals surface area contributed by atoms with Crippen molar-refractivity contribution >= 4 is 10.8 Å². The summed E-state index contributed by atoms with van der Waals surface area (Å²) in [4.78, 5) is 0. The molecule has 0 saturated heterocycles. The van der Waals surface area contributed by atoms with E-state index in [0.717, 1.165) is 17.8 Å². The molecule has 3 unspecified atom stereocenters. The fraction of sp³-hybridized carbons (Fsp3) is 0.615. The summed E-state index contributed by atoms with van der Waals surface area (Å²) in [5.41, 5.74) is 12.9. The molecule has 26 heavy (non-hydrogen) atoms. The molecule has 2 aromatic rings. The lowest BCUT2D eigenvalue weighted by atomic mass is 9.62. The van der Waals surface area contributed by atoms with Crippen LogP contribution in [0.2, 0.25) is 0 Å². The minimum Gasteiger partial charge on any atom is -0.0506 e. The van der Waals surface area contributed by atoms with Gasteiger partial charge in [0.25, 0.3) is 0 Å². The zero-order valence-electron chi connectivity index (χ0n) is 16.0. The first-order chi connectivity index (χ1) is 12.9. The van der Waals surface area contributed by atoms with E-state index in [1.165, 1.54) is 83.5 Å². The fourth-order valence-electron chi connectivity index (χ4n) is 8.03. The van der Waals surface area contributed by atoms with Crippen molar-refractivity contribution < 1.29 is 0 Å². The lowest BCUT2D eigenvalue weighted by molar-refractivity contribution is 0.418. The molecule has 0 saturated carbocycles. The molecule has 5 aliphatic rings. The molecule has 0 aromatic heterocycles. The van der Waals surface area contributed by atoms with Gasteiger partial charge >= 0.3 is 0 Å². The Morgan fingerprint density at radius 3 is 2.08 bits per heavy atom. The summed E-state index contributed by atoms with van der Waals surface area (Å²) >= 11 is 0. The van der Waals surface area contributed by atoms with Crippen LogP contribution in [-0.2, 0) is 25.7 Å². The van der Waals surface area contributed by atoms with Crippen molar-refractivity contribution in [1.29, 1.82) is 0 Å². The molecule has 0 radical (unpaired) electrons. The SMILES string of the molecule is c1c2c3c4c5c(c6c7c(c15)CCCC7CCC6)CCC4CCC3CCC2. The third-order valence-electron chi connectivity index (χ3n) is 8.92. The number of fused-ring (bicyclic) bond motifs is 2. The molecule has 0 fully saturated rings. The molecule has 0 heteroatoms. The maximum Gasteiger partial charge on any atom is -0.0108 e. The molecule has 0 amide bonds. The predicted octanol–water partition coefficient (Wildman–Crippen LogP) is 6.84. The van der Waals surface area contributed by atoms with Gasteiger partial charge in [-0.15, -0.1) is 0 Å². The molecule has 0 N–H and O–H groups in total. The van der Waals surface area contributed by atoms with Gasteiger partial charge in [-0.25, -0.2) is 0 Å². The van der Waals surface area contributed by atoms with E-state index in [1.54, 1.807) is 10.9 Å². The molecule has 5 aliphatic carbocycles. The molecule has 0 bridgehead atoms. The summed E-state index contributed by atoms with van der Waals surface area (Å²) in [5.74, 6) is 2.70. The van der Waals surface area contributed by atoms with Crippen LogP contribution < -0.4 is 0 Å². The lowest BCUT2D eigenvalue weighted by Gasteiger charge is -2.43. The van der Waals surface area contributed by atoms with E-state index in [0.29, 0.717) is 0 Å². The first-order valence-corrected chi connectivity index (χ1v) is 11.6. The average Bonchev–Trinajstić information content (AvgIpc) is 2.70. The summed E-state index contributed by atoms with van der Waals surface area (Å²) in [5, 5.41) is 3.55. The molecule has 2 aromatic carbocycles. The van der Waals surface area contributed by atoms with Gasteiger partial charge in [0.1, 0.15) is 0 Å². The Labute approximate surface area is 157 Å². The standard InChI is InChI=1S/C26H30/c1-4-16-10-11-17-12-13-21-19-8-2-5-15-6-3-9-20(24(15)19)22-14-18(7-1)23(16)25(17)26(21)22/h14-17H,1-13H2. The summed E-state index contributed by atoms with van der Waals surface area (Å²) < 4.78 is 0. The normalized spacial score (nSPS) is 31.0. The Morgan fingerprint density at radius 2 is 1.23 bits per heavy atom. The van der Waals surface area contributed by atoms with Crippen molar-refractivity contribution in [2.75, 3.05) is 0 Å². The second-order valence-corrected chi connectivity index (χ2v) is 10.0. The fourth-order valence-corrected chi connectivity index (χ4v) is 8.03. The maximum atomic E-state index is 2.73. The number of aryl methyl sites for hydroxylation is 3. The number of benzene rings is 2. The van der Waals surface area contributed by atoms with E-state index in [1.807, 2.05) is 38.8 Å². The highest BCUT2D eigenvalue weighted by atomic mass is 14.4. The van der Waals surface area contributed by atoms with Crippen LogP contribution in [0.15, 0.2) is 6.07 Å². The van der Waals surface area contributed by atoms with E-state index in [-0.39, 0.29) is 0 Å². The van der Waals surface area contributed by atoms with Gasteiger partial charge in [-0.05, 0) is 151 Å². The quantitative estimate of drug-likeness (QED) is 0.491. The lowest BCUT2D eigenvalue weighted by Crippen LogP contribution is -2.26. The zero-order valence-corrected chi connectivity index (χ0v) is 16.0. The second-order valence-electron chi connectivity index (χ2n) is 10.0. The molecule has 7 rings (SSSR count). The number of rotatable bonds is 0. The van der Waals surface area contributed by atoms with E-state index in [4.69, 9.17) is 0 Å². The summed E-state index contributed by atoms with van der Waals surface area (Å²) in [6.45, 7) is 0. The van der Waals surface area contributed by atoms with Crippen molar-refractivity contribution in [2.45, 2.75) is 101 Å². The highest BCUT2D eigenvalue weighted by Crippen LogP contribution is 2.56. The van der Waals surface area contributed by atoms with Crippen LogP contribution in [0.1, 0.15) is 114 Å². The first kappa shape index (κ1) is 14.7. The minimum atomic E-state index is 0.891. The highest BCUT2D eigenvalue weighted by Gasteiger charge is 2.39. The highest BCUT2D eigenvalue weighted by molar-refractivity contribution is 5.97. The van der Waals surface area contributed by atoms with Crippen LogP contribution in [0.5, 0.6) is 0 Å². The van der Waals surface area contributed by atoms with Gasteiger partial charge in [0.05, 0.1) is 0 Å². The summed E-state index contributed by atoms with van der Waals surface area (Å²) in [6, 6.07) is 2.73. The smallest absolute Gasteiger partial charge is 0.0108 e. The third kappa shape index (κ3) is 1.73. The van der Waals surface area contributed by atoms with Crippen LogP contribution in [0, 0.1) is 0 Å². The molecule has 0 aliphatic heterocycles. The van der Waals surface area contributed by atoms with Crippen molar-refractivity contribution in [3.05, 3.63) is 45.0 Å². The van der Waals surface area contributed by atoms with Crippen LogP contribution in [-0.4, -0.2) is 0 Å². The van der Waals surface area contributed by atoms with Crippen molar-refractivity contribution in [3.8, 4) is 0 Å². The van der Waals surface area contributed by atoms with Gasteiger partial charge in [0.15, 0.2) is 0 Å². The molecule has 0 spiro atoms. The van der Waals surface area contributed by atoms with Gasteiger partial charge in [-0.2, -0.15) is 0 Å². The van der Waals surface area contributed by atoms with Gasteiger partial charge in [0.2, 0.25) is 0 Å². The van der Waals surface area contributed by atoms with E-state index >= 15 is 0 Å². The molecule has 134 valence electrons. The Balaban J connectivity index is 1.67. The van der Waals surface area contributed by atoms with Crippen LogP contribution >= 0.6 is 0 Å². The Morgan fingerprint density at radius 1 is 0.538 bits per heavy atom. The Bertz CT molecular complexity index is 945. The number of hydrogen-bond donors (Lipinski definition) is 0. The monoisotopic (exact) mass is 342 g/mol. The Hall–Kier alpha value is -1.30. The Kier molecular flexibility index (Phi) is 2.92. The molecule has 0 heterocycles. The average molecular weight is 343 g/mol. The summed E-state index contributed by atoms with van der Waals surface area (Å²) in [6.07, 6.45) is 18.6. The van der Waals surface area contributed by atoms with E-state index < -0.39 is 0 Å². The predicted molar refractivity (Wildman–Crippen MR) is 109 cm³/mol.